The van der Waals surface area contributed by atoms with Crippen LogP contribution in [0.4, 0.5) is 0 Å². The van der Waals surface area contributed by atoms with Gasteiger partial charge in [-0.2, -0.15) is 0 Å². The lowest BCUT2D eigenvalue weighted by Gasteiger charge is -2.04. The van der Waals surface area contributed by atoms with Crippen LogP contribution in [0.25, 0.3) is 0 Å². The predicted molar refractivity (Wildman–Crippen MR) is 59.8 cm³/mol. The molecule has 0 amide bonds. The van der Waals surface area contributed by atoms with Crippen molar-refractivity contribution in [1.29, 1.82) is 0 Å². The number of allylic oxidation sites excluding steroid dienone is 1. The van der Waals surface area contributed by atoms with E-state index in [1.165, 1.54) is 5.04 Å². The summed E-state index contributed by atoms with van der Waals surface area (Å²) in [4.78, 5) is 4.21. The minimum atomic E-state index is 0.539. The van der Waals surface area contributed by atoms with Gasteiger partial charge in [0.25, 0.3) is 0 Å². The summed E-state index contributed by atoms with van der Waals surface area (Å²) in [6.45, 7) is 8.68. The SMILES string of the molecule is C/N=C(\S/C=C/C(C)C)C(C)C. The molecule has 0 aromatic carbocycles. The van der Waals surface area contributed by atoms with Crippen molar-refractivity contribution in [3.05, 3.63) is 11.5 Å². The average molecular weight is 185 g/mol. The fourth-order valence-corrected chi connectivity index (χ4v) is 1.62. The van der Waals surface area contributed by atoms with Gasteiger partial charge in [0.2, 0.25) is 0 Å². The van der Waals surface area contributed by atoms with E-state index in [2.05, 4.69) is 44.2 Å². The van der Waals surface area contributed by atoms with Gasteiger partial charge in [0.05, 0.1) is 5.04 Å². The molecule has 0 aliphatic rings. The zero-order valence-corrected chi connectivity index (χ0v) is 9.48. The van der Waals surface area contributed by atoms with Crippen molar-refractivity contribution >= 4 is 16.8 Å². The molecule has 0 radical (unpaired) electrons. The van der Waals surface area contributed by atoms with Crippen LogP contribution in [-0.2, 0) is 0 Å². The molecular weight excluding hydrogens is 166 g/mol. The normalized spacial score (nSPS) is 13.8. The molecule has 0 aliphatic heterocycles. The summed E-state index contributed by atoms with van der Waals surface area (Å²) in [5, 5.41) is 3.33. The Bertz CT molecular complexity index is 169. The third-order valence-corrected chi connectivity index (χ3v) is 2.56. The molecule has 70 valence electrons. The fourth-order valence-electron chi connectivity index (χ4n) is 0.713. The third-order valence-electron chi connectivity index (χ3n) is 1.37. The van der Waals surface area contributed by atoms with E-state index in [1.54, 1.807) is 11.8 Å². The average Bonchev–Trinajstić information content (AvgIpc) is 1.96. The van der Waals surface area contributed by atoms with E-state index >= 15 is 0 Å². The first-order valence-corrected chi connectivity index (χ1v) is 5.26. The topological polar surface area (TPSA) is 12.4 Å². The highest BCUT2D eigenvalue weighted by Crippen LogP contribution is 2.14. The lowest BCUT2D eigenvalue weighted by atomic mass is 10.2. The quantitative estimate of drug-likeness (QED) is 0.483. The zero-order valence-electron chi connectivity index (χ0n) is 8.66. The molecule has 0 heterocycles. The van der Waals surface area contributed by atoms with E-state index < -0.39 is 0 Å². The van der Waals surface area contributed by atoms with Crippen molar-refractivity contribution in [3.8, 4) is 0 Å². The van der Waals surface area contributed by atoms with Crippen LogP contribution in [0.2, 0.25) is 0 Å². The molecule has 0 saturated heterocycles. The van der Waals surface area contributed by atoms with Crippen molar-refractivity contribution in [1.82, 2.24) is 0 Å². The molecular formula is C10H19NS. The molecule has 0 spiro atoms. The van der Waals surface area contributed by atoms with Crippen molar-refractivity contribution in [2.75, 3.05) is 7.05 Å². The zero-order chi connectivity index (χ0) is 9.56. The van der Waals surface area contributed by atoms with Gasteiger partial charge in [0.15, 0.2) is 0 Å². The Kier molecular flexibility index (Phi) is 6.17. The standard InChI is InChI=1S/C10H19NS/c1-8(2)6-7-12-10(11-5)9(3)4/h6-9H,1-5H3/b7-6+,11-10-. The Hall–Kier alpha value is -0.240. The van der Waals surface area contributed by atoms with Gasteiger partial charge < -0.3 is 0 Å². The second-order valence-electron chi connectivity index (χ2n) is 3.41. The van der Waals surface area contributed by atoms with E-state index in [4.69, 9.17) is 0 Å². The van der Waals surface area contributed by atoms with Crippen LogP contribution in [0.15, 0.2) is 16.5 Å². The summed E-state index contributed by atoms with van der Waals surface area (Å²) >= 11 is 1.73. The Morgan fingerprint density at radius 1 is 1.25 bits per heavy atom. The summed E-state index contributed by atoms with van der Waals surface area (Å²) in [6.07, 6.45) is 2.19. The van der Waals surface area contributed by atoms with Crippen molar-refractivity contribution in [3.63, 3.8) is 0 Å². The summed E-state index contributed by atoms with van der Waals surface area (Å²) in [5.74, 6) is 1.17. The minimum Gasteiger partial charge on any atom is -0.286 e. The lowest BCUT2D eigenvalue weighted by Crippen LogP contribution is -2.00. The van der Waals surface area contributed by atoms with E-state index in [9.17, 15) is 0 Å². The molecule has 0 N–H and O–H groups in total. The number of rotatable bonds is 3. The highest BCUT2D eigenvalue weighted by atomic mass is 32.2. The van der Waals surface area contributed by atoms with Crippen molar-refractivity contribution in [2.24, 2.45) is 16.8 Å². The summed E-state index contributed by atoms with van der Waals surface area (Å²) in [5.41, 5.74) is 0. The maximum atomic E-state index is 4.21. The van der Waals surface area contributed by atoms with Gasteiger partial charge in [0, 0.05) is 13.0 Å². The van der Waals surface area contributed by atoms with E-state index in [0.717, 1.165) is 0 Å². The van der Waals surface area contributed by atoms with Crippen LogP contribution in [0.1, 0.15) is 27.7 Å². The van der Waals surface area contributed by atoms with Crippen LogP contribution in [0.5, 0.6) is 0 Å². The molecule has 0 aromatic rings. The molecule has 2 heteroatoms. The molecule has 0 atom stereocenters. The van der Waals surface area contributed by atoms with Gasteiger partial charge in [0.1, 0.15) is 0 Å². The molecule has 0 aliphatic carbocycles. The molecule has 1 nitrogen and oxygen atoms in total. The molecule has 12 heavy (non-hydrogen) atoms. The monoisotopic (exact) mass is 185 g/mol. The molecule has 0 fully saturated rings. The van der Waals surface area contributed by atoms with Crippen molar-refractivity contribution in [2.45, 2.75) is 27.7 Å². The van der Waals surface area contributed by atoms with Crippen LogP contribution in [0, 0.1) is 11.8 Å². The number of thioether (sulfide) groups is 1. The van der Waals surface area contributed by atoms with Crippen LogP contribution < -0.4 is 0 Å². The molecule has 0 unspecified atom stereocenters. The Balaban J connectivity index is 3.90. The van der Waals surface area contributed by atoms with Gasteiger partial charge in [-0.3, -0.25) is 4.99 Å². The molecule has 0 aromatic heterocycles. The Labute approximate surface area is 80.4 Å². The van der Waals surface area contributed by atoms with Crippen molar-refractivity contribution < 1.29 is 0 Å². The number of hydrogen-bond donors (Lipinski definition) is 0. The van der Waals surface area contributed by atoms with E-state index in [-0.39, 0.29) is 0 Å². The smallest absolute Gasteiger partial charge is 0.0739 e. The molecule has 0 saturated carbocycles. The molecule has 0 bridgehead atoms. The van der Waals surface area contributed by atoms with E-state index in [0.29, 0.717) is 11.8 Å². The maximum absolute atomic E-state index is 4.21. The van der Waals surface area contributed by atoms with Gasteiger partial charge in [-0.1, -0.05) is 45.5 Å². The van der Waals surface area contributed by atoms with Gasteiger partial charge in [-0.25, -0.2) is 0 Å². The third kappa shape index (κ3) is 5.42. The highest BCUT2D eigenvalue weighted by molar-refractivity contribution is 8.16. The van der Waals surface area contributed by atoms with Gasteiger partial charge in [-0.15, -0.1) is 0 Å². The largest absolute Gasteiger partial charge is 0.286 e. The van der Waals surface area contributed by atoms with E-state index in [1.807, 2.05) is 7.05 Å². The number of aliphatic imine (C=N–C) groups is 1. The van der Waals surface area contributed by atoms with Crippen LogP contribution in [-0.4, -0.2) is 12.1 Å². The summed E-state index contributed by atoms with van der Waals surface area (Å²) in [7, 11) is 1.85. The summed E-state index contributed by atoms with van der Waals surface area (Å²) < 4.78 is 0. The Morgan fingerprint density at radius 2 is 1.83 bits per heavy atom. The van der Waals surface area contributed by atoms with Crippen LogP contribution >= 0.6 is 11.8 Å². The second-order valence-corrected chi connectivity index (χ2v) is 4.33. The minimum absolute atomic E-state index is 0.539. The van der Waals surface area contributed by atoms with Gasteiger partial charge in [-0.05, 0) is 11.3 Å². The lowest BCUT2D eigenvalue weighted by molar-refractivity contribution is 0.834. The number of nitrogens with zero attached hydrogens (tertiary/aromatic N) is 1. The highest BCUT2D eigenvalue weighted by Gasteiger charge is 2.01. The Morgan fingerprint density at radius 3 is 2.17 bits per heavy atom. The predicted octanol–water partition coefficient (Wildman–Crippen LogP) is 3.57. The first-order valence-electron chi connectivity index (χ1n) is 4.38. The first-order chi connectivity index (χ1) is 5.57. The number of hydrogen-bond acceptors (Lipinski definition) is 2. The fraction of sp³-hybridized carbons (Fsp3) is 0.700. The first kappa shape index (κ1) is 11.8. The summed E-state index contributed by atoms with van der Waals surface area (Å²) in [6, 6.07) is 0. The second kappa shape index (κ2) is 6.30. The van der Waals surface area contributed by atoms with Gasteiger partial charge >= 0.3 is 0 Å². The van der Waals surface area contributed by atoms with Crippen LogP contribution in [0.3, 0.4) is 0 Å². The maximum Gasteiger partial charge on any atom is 0.0739 e. The molecule has 0 rings (SSSR count).